The highest BCUT2D eigenvalue weighted by atomic mass is 31.2. The van der Waals surface area contributed by atoms with Crippen LogP contribution in [0.25, 0.3) is 21.5 Å². The number of nitrogens with one attached hydrogen (secondary N) is 1. The summed E-state index contributed by atoms with van der Waals surface area (Å²) in [6.07, 6.45) is 0. The molecule has 0 bridgehead atoms. The maximum atomic E-state index is 7.49. The van der Waals surface area contributed by atoms with E-state index in [1.165, 1.54) is 27.5 Å². The number of hydrogen-bond donors (Lipinski definition) is 1. The Balaban J connectivity index is 1.24. The molecule has 0 aliphatic carbocycles. The Bertz CT molecular complexity index is 2530. The van der Waals surface area contributed by atoms with Crippen molar-refractivity contribution >= 4 is 30.1 Å². The second-order valence-electron chi connectivity index (χ2n) is 14.2. The van der Waals surface area contributed by atoms with Crippen molar-refractivity contribution in [2.24, 2.45) is 0 Å². The maximum absolute atomic E-state index is 7.49. The van der Waals surface area contributed by atoms with Crippen LogP contribution in [0.4, 0.5) is 0 Å². The zero-order chi connectivity index (χ0) is 37.1. The van der Waals surface area contributed by atoms with Gasteiger partial charge < -0.3 is 9.05 Å². The number of rotatable bonds is 10. The van der Waals surface area contributed by atoms with E-state index in [1.807, 2.05) is 0 Å². The van der Waals surface area contributed by atoms with Gasteiger partial charge in [-0.3, -0.25) is 5.32 Å². The summed E-state index contributed by atoms with van der Waals surface area (Å²) < 4.78 is 17.2. The fraction of sp³-hybridized carbons (Fsp3) is 0.120. The number of nitrogens with zero attached hydrogens (tertiary/aromatic N) is 1. The Labute approximate surface area is 325 Å². The van der Waals surface area contributed by atoms with E-state index >= 15 is 0 Å². The van der Waals surface area contributed by atoms with E-state index in [0.717, 1.165) is 39.0 Å². The van der Waals surface area contributed by atoms with Crippen molar-refractivity contribution in [2.45, 2.75) is 38.0 Å². The lowest BCUT2D eigenvalue weighted by atomic mass is 9.91. The standard InChI is InChI=1S/C50H43N2O2P/c1-35(37-19-7-3-8-20-37)51-49(41-25-11-5-12-26-41)47-43-29-17-15-23-39(43)31-33-45(47)53-55-52(36(2)38-21-9-4-10-22-38)50(42-27-13-6-14-28-42)48-44-30-18-16-24-40(44)32-34-46(48)54-55/h3-36,49-51H,1-2H3/t35-,36-,49-,50-,55?/m1/s1. The van der Waals surface area contributed by atoms with E-state index in [2.05, 4.69) is 218 Å². The molecule has 0 aromatic heterocycles. The van der Waals surface area contributed by atoms with Gasteiger partial charge in [0, 0.05) is 23.2 Å². The van der Waals surface area contributed by atoms with E-state index in [9.17, 15) is 0 Å². The lowest BCUT2D eigenvalue weighted by molar-refractivity contribution is 0.241. The molecule has 1 aliphatic heterocycles. The third-order valence-electron chi connectivity index (χ3n) is 10.9. The smallest absolute Gasteiger partial charge is 0.386 e. The number of hydrogen-bond acceptors (Lipinski definition) is 4. The highest BCUT2D eigenvalue weighted by Gasteiger charge is 2.44. The van der Waals surface area contributed by atoms with Crippen LogP contribution in [0, 0.1) is 0 Å². The van der Waals surface area contributed by atoms with Crippen LogP contribution in [-0.2, 0) is 0 Å². The first-order valence-electron chi connectivity index (χ1n) is 19.1. The summed E-state index contributed by atoms with van der Waals surface area (Å²) in [7, 11) is -1.70. The van der Waals surface area contributed by atoms with Crippen molar-refractivity contribution in [3.05, 3.63) is 228 Å². The van der Waals surface area contributed by atoms with Gasteiger partial charge in [-0.25, -0.2) is 0 Å². The zero-order valence-corrected chi connectivity index (χ0v) is 31.9. The predicted molar refractivity (Wildman–Crippen MR) is 227 cm³/mol. The molecule has 5 heteroatoms. The molecule has 0 radical (unpaired) electrons. The molecule has 270 valence electrons. The summed E-state index contributed by atoms with van der Waals surface area (Å²) in [5, 5.41) is 8.71. The topological polar surface area (TPSA) is 33.7 Å². The Morgan fingerprint density at radius 3 is 1.75 bits per heavy atom. The van der Waals surface area contributed by atoms with Crippen LogP contribution in [-0.4, -0.2) is 4.67 Å². The van der Waals surface area contributed by atoms with Gasteiger partial charge in [0.2, 0.25) is 0 Å². The second-order valence-corrected chi connectivity index (χ2v) is 15.5. The van der Waals surface area contributed by atoms with Gasteiger partial charge >= 0.3 is 8.53 Å². The highest BCUT2D eigenvalue weighted by molar-refractivity contribution is 7.45. The molecule has 8 aromatic carbocycles. The molecular formula is C50H43N2O2P. The second kappa shape index (κ2) is 15.5. The number of benzene rings is 8. The van der Waals surface area contributed by atoms with E-state index < -0.39 is 8.53 Å². The average Bonchev–Trinajstić information content (AvgIpc) is 3.26. The Morgan fingerprint density at radius 1 is 0.545 bits per heavy atom. The Hall–Kier alpha value is -5.77. The fourth-order valence-corrected chi connectivity index (χ4v) is 9.82. The van der Waals surface area contributed by atoms with Crippen molar-refractivity contribution < 1.29 is 9.05 Å². The maximum Gasteiger partial charge on any atom is 0.386 e. The van der Waals surface area contributed by atoms with Gasteiger partial charge in [-0.15, -0.1) is 0 Å². The molecule has 55 heavy (non-hydrogen) atoms. The van der Waals surface area contributed by atoms with E-state index in [-0.39, 0.29) is 24.2 Å². The van der Waals surface area contributed by atoms with E-state index in [0.29, 0.717) is 0 Å². The molecule has 8 aromatic rings. The molecule has 0 amide bonds. The summed E-state index contributed by atoms with van der Waals surface area (Å²) in [5.74, 6) is 1.65. The molecule has 0 fully saturated rings. The average molecular weight is 735 g/mol. The van der Waals surface area contributed by atoms with Gasteiger partial charge in [-0.05, 0) is 69.8 Å². The largest absolute Gasteiger partial charge is 0.427 e. The van der Waals surface area contributed by atoms with Gasteiger partial charge in [0.15, 0.2) is 0 Å². The van der Waals surface area contributed by atoms with Gasteiger partial charge in [0.25, 0.3) is 0 Å². The quantitative estimate of drug-likeness (QED) is 0.142. The number of fused-ring (bicyclic) bond motifs is 4. The fourth-order valence-electron chi connectivity index (χ4n) is 8.08. The summed E-state index contributed by atoms with van der Waals surface area (Å²) in [6, 6.07) is 68.5. The van der Waals surface area contributed by atoms with Crippen molar-refractivity contribution in [2.75, 3.05) is 0 Å². The molecule has 0 spiro atoms. The van der Waals surface area contributed by atoms with Crippen LogP contribution in [0.5, 0.6) is 11.5 Å². The molecular weight excluding hydrogens is 692 g/mol. The highest BCUT2D eigenvalue weighted by Crippen LogP contribution is 2.61. The van der Waals surface area contributed by atoms with E-state index in [1.54, 1.807) is 0 Å². The van der Waals surface area contributed by atoms with Gasteiger partial charge in [-0.1, -0.05) is 182 Å². The minimum absolute atomic E-state index is 0.0466. The van der Waals surface area contributed by atoms with Crippen molar-refractivity contribution in [3.8, 4) is 11.5 Å². The van der Waals surface area contributed by atoms with E-state index in [4.69, 9.17) is 9.05 Å². The van der Waals surface area contributed by atoms with Gasteiger partial charge in [-0.2, -0.15) is 4.67 Å². The molecule has 1 heterocycles. The normalized spacial score (nSPS) is 17.2. The molecule has 1 N–H and O–H groups in total. The summed E-state index contributed by atoms with van der Waals surface area (Å²) >= 11 is 0. The lowest BCUT2D eigenvalue weighted by Crippen LogP contribution is -2.34. The summed E-state index contributed by atoms with van der Waals surface area (Å²) in [4.78, 5) is 0. The summed E-state index contributed by atoms with van der Waals surface area (Å²) in [5.41, 5.74) is 7.04. The van der Waals surface area contributed by atoms with Crippen molar-refractivity contribution in [1.82, 2.24) is 9.99 Å². The van der Waals surface area contributed by atoms with Crippen LogP contribution in [0.3, 0.4) is 0 Å². The minimum atomic E-state index is -1.70. The molecule has 4 nitrogen and oxygen atoms in total. The predicted octanol–water partition coefficient (Wildman–Crippen LogP) is 13.3. The zero-order valence-electron chi connectivity index (χ0n) is 31.0. The van der Waals surface area contributed by atoms with Crippen molar-refractivity contribution in [1.29, 1.82) is 0 Å². The molecule has 0 saturated heterocycles. The first-order valence-corrected chi connectivity index (χ1v) is 20.2. The van der Waals surface area contributed by atoms with Gasteiger partial charge in [0.05, 0.1) is 12.1 Å². The van der Waals surface area contributed by atoms with Crippen LogP contribution >= 0.6 is 8.53 Å². The first kappa shape index (κ1) is 35.0. The van der Waals surface area contributed by atoms with Gasteiger partial charge in [0.1, 0.15) is 11.5 Å². The molecule has 5 atom stereocenters. The Kier molecular flexibility index (Phi) is 9.87. The van der Waals surface area contributed by atoms with Crippen molar-refractivity contribution in [3.63, 3.8) is 0 Å². The van der Waals surface area contributed by atoms with Crippen LogP contribution in [0.2, 0.25) is 0 Å². The molecule has 1 unspecified atom stereocenters. The van der Waals surface area contributed by atoms with Crippen LogP contribution in [0.1, 0.15) is 71.4 Å². The SMILES string of the molecule is C[C@H](c1ccccc1)N1[C@H](c2ccccc2)c2c(ccc3ccccc23)OP1Oc1ccc2ccccc2c1[C@H](N[C@H](C)c1ccccc1)c1ccccc1. The third kappa shape index (κ3) is 6.90. The monoisotopic (exact) mass is 734 g/mol. The summed E-state index contributed by atoms with van der Waals surface area (Å²) in [6.45, 7) is 4.51. The molecule has 0 saturated carbocycles. The Morgan fingerprint density at radius 2 is 1.07 bits per heavy atom. The van der Waals surface area contributed by atoms with Crippen LogP contribution < -0.4 is 14.4 Å². The first-order chi connectivity index (χ1) is 27.1. The van der Waals surface area contributed by atoms with Crippen LogP contribution in [0.15, 0.2) is 194 Å². The third-order valence-corrected chi connectivity index (χ3v) is 12.5. The minimum Gasteiger partial charge on any atom is -0.427 e. The lowest BCUT2D eigenvalue weighted by Gasteiger charge is -2.44. The molecule has 9 rings (SSSR count). The molecule has 1 aliphatic rings.